The Morgan fingerprint density at radius 1 is 1.59 bits per heavy atom. The van der Waals surface area contributed by atoms with E-state index in [-0.39, 0.29) is 12.7 Å². The van der Waals surface area contributed by atoms with Gasteiger partial charge < -0.3 is 9.84 Å². The van der Waals surface area contributed by atoms with Gasteiger partial charge in [-0.2, -0.15) is 4.98 Å². The molecule has 0 bridgehead atoms. The summed E-state index contributed by atoms with van der Waals surface area (Å²) in [5.41, 5.74) is 1.91. The van der Waals surface area contributed by atoms with Crippen molar-refractivity contribution in [3.8, 4) is 17.3 Å². The predicted molar refractivity (Wildman–Crippen MR) is 64.7 cm³/mol. The van der Waals surface area contributed by atoms with Gasteiger partial charge in [-0.05, 0) is 28.1 Å². The summed E-state index contributed by atoms with van der Waals surface area (Å²) >= 11 is 3.42. The Balaban J connectivity index is 2.08. The monoisotopic (exact) mass is 295 g/mol. The van der Waals surface area contributed by atoms with Crippen LogP contribution in [0.5, 0.6) is 6.01 Å². The summed E-state index contributed by atoms with van der Waals surface area (Å²) in [5, 5.41) is 9.10. The molecule has 0 radical (unpaired) electrons. The molecule has 3 rings (SSSR count). The third-order valence-electron chi connectivity index (χ3n) is 2.69. The van der Waals surface area contributed by atoms with E-state index in [9.17, 15) is 0 Å². The van der Waals surface area contributed by atoms with Gasteiger partial charge in [-0.1, -0.05) is 0 Å². The molecule has 0 spiro atoms. The zero-order valence-corrected chi connectivity index (χ0v) is 10.5. The summed E-state index contributed by atoms with van der Waals surface area (Å²) < 4.78 is 8.17. The van der Waals surface area contributed by atoms with Gasteiger partial charge in [0, 0.05) is 18.0 Å². The Morgan fingerprint density at radius 3 is 3.18 bits per heavy atom. The highest BCUT2D eigenvalue weighted by atomic mass is 79.9. The molecular weight excluding hydrogens is 286 g/mol. The molecule has 0 saturated carbocycles. The zero-order valence-electron chi connectivity index (χ0n) is 8.88. The molecular formula is C11H10BrN3O2. The molecule has 0 unspecified atom stereocenters. The van der Waals surface area contributed by atoms with Crippen molar-refractivity contribution in [2.75, 3.05) is 6.61 Å². The van der Waals surface area contributed by atoms with Crippen molar-refractivity contribution in [1.29, 1.82) is 0 Å². The average Bonchev–Trinajstić information content (AvgIpc) is 2.86. The molecule has 88 valence electrons. The number of nitrogens with zero attached hydrogens (tertiary/aromatic N) is 3. The average molecular weight is 296 g/mol. The Kier molecular flexibility index (Phi) is 2.60. The summed E-state index contributed by atoms with van der Waals surface area (Å²) in [7, 11) is 0. The first-order valence-electron chi connectivity index (χ1n) is 5.23. The van der Waals surface area contributed by atoms with E-state index in [0.29, 0.717) is 12.6 Å². The fraction of sp³-hybridized carbons (Fsp3) is 0.273. The quantitative estimate of drug-likeness (QED) is 0.911. The number of hydrogen-bond donors (Lipinski definition) is 1. The van der Waals surface area contributed by atoms with E-state index in [2.05, 4.69) is 25.9 Å². The maximum absolute atomic E-state index is 9.10. The molecule has 0 amide bonds. The number of pyridine rings is 1. The molecule has 5 nitrogen and oxygen atoms in total. The summed E-state index contributed by atoms with van der Waals surface area (Å²) in [5.74, 6) is 0. The van der Waals surface area contributed by atoms with E-state index < -0.39 is 0 Å². The molecule has 2 aromatic heterocycles. The topological polar surface area (TPSA) is 60.2 Å². The van der Waals surface area contributed by atoms with Crippen LogP contribution in [0.3, 0.4) is 0 Å². The lowest BCUT2D eigenvalue weighted by Crippen LogP contribution is -2.19. The van der Waals surface area contributed by atoms with Gasteiger partial charge in [0.2, 0.25) is 0 Å². The first-order chi connectivity index (χ1) is 8.29. The molecule has 0 fully saturated rings. The minimum absolute atomic E-state index is 0.00649. The second-order valence-corrected chi connectivity index (χ2v) is 4.56. The second-order valence-electron chi connectivity index (χ2n) is 3.81. The molecule has 17 heavy (non-hydrogen) atoms. The normalized spacial score (nSPS) is 17.9. The maximum Gasteiger partial charge on any atom is 0.298 e. The number of halogens is 1. The van der Waals surface area contributed by atoms with E-state index in [1.807, 2.05) is 16.7 Å². The van der Waals surface area contributed by atoms with Crippen molar-refractivity contribution in [2.45, 2.75) is 12.6 Å². The standard InChI is InChI=1S/C11H10BrN3O2/c12-10-9(7-2-1-3-13-4-7)15-5-8(6-16)17-11(15)14-10/h1-4,8,16H,5-6H2/t8-/m0/s1. The van der Waals surface area contributed by atoms with Gasteiger partial charge in [-0.3, -0.25) is 9.55 Å². The van der Waals surface area contributed by atoms with Gasteiger partial charge in [0.15, 0.2) is 0 Å². The van der Waals surface area contributed by atoms with Gasteiger partial charge in [0.25, 0.3) is 6.01 Å². The minimum atomic E-state index is -0.207. The van der Waals surface area contributed by atoms with Gasteiger partial charge in [0.1, 0.15) is 10.7 Å². The second kappa shape index (κ2) is 4.12. The van der Waals surface area contributed by atoms with Crippen molar-refractivity contribution in [3.05, 3.63) is 29.1 Å². The summed E-state index contributed by atoms with van der Waals surface area (Å²) in [6, 6.07) is 4.38. The fourth-order valence-electron chi connectivity index (χ4n) is 1.93. The molecule has 1 aliphatic rings. The minimum Gasteiger partial charge on any atom is -0.457 e. The lowest BCUT2D eigenvalue weighted by molar-refractivity contribution is 0.129. The van der Waals surface area contributed by atoms with Crippen molar-refractivity contribution in [3.63, 3.8) is 0 Å². The highest BCUT2D eigenvalue weighted by Crippen LogP contribution is 2.35. The predicted octanol–water partition coefficient (Wildman–Crippen LogP) is 1.46. The SMILES string of the molecule is OC[C@@H]1Cn2c(nc(Br)c2-c2cccnc2)O1. The third kappa shape index (κ3) is 1.73. The summed E-state index contributed by atoms with van der Waals surface area (Å²) in [6.07, 6.45) is 3.30. The first kappa shape index (κ1) is 10.7. The number of aliphatic hydroxyl groups is 1. The van der Waals surface area contributed by atoms with E-state index in [1.165, 1.54) is 0 Å². The maximum atomic E-state index is 9.10. The molecule has 6 heteroatoms. The molecule has 0 saturated heterocycles. The Morgan fingerprint density at radius 2 is 2.47 bits per heavy atom. The fourth-order valence-corrected chi connectivity index (χ4v) is 2.52. The van der Waals surface area contributed by atoms with Gasteiger partial charge in [-0.15, -0.1) is 0 Å². The van der Waals surface area contributed by atoms with Crippen LogP contribution in [0, 0.1) is 0 Å². The smallest absolute Gasteiger partial charge is 0.298 e. The first-order valence-corrected chi connectivity index (χ1v) is 6.03. The lowest BCUT2D eigenvalue weighted by atomic mass is 10.2. The molecule has 3 heterocycles. The van der Waals surface area contributed by atoms with Gasteiger partial charge in [-0.25, -0.2) is 0 Å². The van der Waals surface area contributed by atoms with Crippen molar-refractivity contribution < 1.29 is 9.84 Å². The molecule has 1 atom stereocenters. The molecule has 1 aliphatic heterocycles. The number of aromatic nitrogens is 3. The zero-order chi connectivity index (χ0) is 11.8. The number of aliphatic hydroxyl groups excluding tert-OH is 1. The van der Waals surface area contributed by atoms with Crippen LogP contribution in [-0.4, -0.2) is 32.4 Å². The van der Waals surface area contributed by atoms with E-state index in [0.717, 1.165) is 15.9 Å². The van der Waals surface area contributed by atoms with Crippen LogP contribution in [0.25, 0.3) is 11.3 Å². The third-order valence-corrected chi connectivity index (χ3v) is 3.24. The lowest BCUT2D eigenvalue weighted by Gasteiger charge is -2.06. The Labute approximate surface area is 106 Å². The van der Waals surface area contributed by atoms with Crippen LogP contribution in [0.2, 0.25) is 0 Å². The van der Waals surface area contributed by atoms with E-state index in [4.69, 9.17) is 9.84 Å². The molecule has 0 aromatic carbocycles. The summed E-state index contributed by atoms with van der Waals surface area (Å²) in [6.45, 7) is 0.599. The van der Waals surface area contributed by atoms with Crippen LogP contribution < -0.4 is 4.74 Å². The van der Waals surface area contributed by atoms with Crippen molar-refractivity contribution >= 4 is 15.9 Å². The Hall–Kier alpha value is -1.40. The van der Waals surface area contributed by atoms with Crippen LogP contribution >= 0.6 is 15.9 Å². The van der Waals surface area contributed by atoms with Gasteiger partial charge in [0.05, 0.1) is 18.8 Å². The highest BCUT2D eigenvalue weighted by Gasteiger charge is 2.28. The van der Waals surface area contributed by atoms with Crippen LogP contribution in [0.1, 0.15) is 0 Å². The van der Waals surface area contributed by atoms with Crippen LogP contribution in [-0.2, 0) is 6.54 Å². The highest BCUT2D eigenvalue weighted by molar-refractivity contribution is 9.10. The van der Waals surface area contributed by atoms with Crippen molar-refractivity contribution in [1.82, 2.24) is 14.5 Å². The number of fused-ring (bicyclic) bond motifs is 1. The van der Waals surface area contributed by atoms with Crippen LogP contribution in [0.15, 0.2) is 29.1 Å². The Bertz CT molecular complexity index is 541. The molecule has 0 aliphatic carbocycles. The molecule has 1 N–H and O–H groups in total. The largest absolute Gasteiger partial charge is 0.457 e. The number of imidazole rings is 1. The van der Waals surface area contributed by atoms with E-state index in [1.54, 1.807) is 12.4 Å². The number of rotatable bonds is 2. The number of hydrogen-bond acceptors (Lipinski definition) is 4. The number of ether oxygens (including phenoxy) is 1. The van der Waals surface area contributed by atoms with Gasteiger partial charge >= 0.3 is 0 Å². The van der Waals surface area contributed by atoms with Crippen molar-refractivity contribution in [2.24, 2.45) is 0 Å². The summed E-state index contributed by atoms with van der Waals surface area (Å²) in [4.78, 5) is 8.38. The van der Waals surface area contributed by atoms with E-state index >= 15 is 0 Å². The molecule has 2 aromatic rings. The van der Waals surface area contributed by atoms with Crippen LogP contribution in [0.4, 0.5) is 0 Å².